The molecule has 1 aromatic carbocycles. The van der Waals surface area contributed by atoms with Gasteiger partial charge in [-0.1, -0.05) is 17.3 Å². The Labute approximate surface area is 139 Å². The number of nitrogens with zero attached hydrogens (tertiary/aromatic N) is 6. The number of imidazole rings is 1. The van der Waals surface area contributed by atoms with Crippen LogP contribution in [-0.4, -0.2) is 48.4 Å². The number of rotatable bonds is 4. The van der Waals surface area contributed by atoms with Gasteiger partial charge in [-0.15, -0.1) is 5.10 Å². The highest BCUT2D eigenvalue weighted by Crippen LogP contribution is 2.22. The van der Waals surface area contributed by atoms with Crippen LogP contribution in [-0.2, 0) is 6.54 Å². The van der Waals surface area contributed by atoms with Crippen molar-refractivity contribution < 1.29 is 4.79 Å². The van der Waals surface area contributed by atoms with E-state index in [4.69, 9.17) is 0 Å². The van der Waals surface area contributed by atoms with E-state index in [2.05, 4.69) is 15.3 Å². The minimum atomic E-state index is 0.0757. The molecule has 1 aliphatic heterocycles. The minimum Gasteiger partial charge on any atom is -0.336 e. The number of benzene rings is 1. The molecule has 122 valence electrons. The predicted molar refractivity (Wildman–Crippen MR) is 87.4 cm³/mol. The number of aromatic nitrogens is 5. The zero-order chi connectivity index (χ0) is 16.4. The van der Waals surface area contributed by atoms with Crippen molar-refractivity contribution in [2.45, 2.75) is 19.0 Å². The molecule has 1 fully saturated rings. The van der Waals surface area contributed by atoms with Crippen LogP contribution in [0.4, 0.5) is 0 Å². The van der Waals surface area contributed by atoms with Gasteiger partial charge in [0.1, 0.15) is 0 Å². The van der Waals surface area contributed by atoms with Gasteiger partial charge in [0.25, 0.3) is 5.91 Å². The Morgan fingerprint density at radius 3 is 2.75 bits per heavy atom. The molecule has 0 bridgehead atoms. The first kappa shape index (κ1) is 14.6. The average Bonchev–Trinajstić information content (AvgIpc) is 3.36. The standard InChI is InChI=1S/C17H18N6O/c24-17(22-8-5-16(12-22)23-10-7-19-20-23)15-3-1-14(2-4-15)11-21-9-6-18-13-21/h1-4,6-7,9-10,13,16H,5,8,11-12H2. The summed E-state index contributed by atoms with van der Waals surface area (Å²) in [5, 5.41) is 7.87. The second-order valence-electron chi connectivity index (χ2n) is 6.01. The smallest absolute Gasteiger partial charge is 0.253 e. The Bertz CT molecular complexity index is 794. The van der Waals surface area contributed by atoms with Crippen LogP contribution in [0.2, 0.25) is 0 Å². The van der Waals surface area contributed by atoms with Gasteiger partial charge in [-0.05, 0) is 24.1 Å². The molecular formula is C17H18N6O. The number of hydrogen-bond donors (Lipinski definition) is 0. The van der Waals surface area contributed by atoms with Crippen molar-refractivity contribution in [2.24, 2.45) is 0 Å². The fourth-order valence-electron chi connectivity index (χ4n) is 3.08. The lowest BCUT2D eigenvalue weighted by atomic mass is 10.1. The summed E-state index contributed by atoms with van der Waals surface area (Å²) < 4.78 is 3.83. The summed E-state index contributed by atoms with van der Waals surface area (Å²) in [5.41, 5.74) is 1.87. The lowest BCUT2D eigenvalue weighted by Crippen LogP contribution is -2.29. The van der Waals surface area contributed by atoms with Crippen LogP contribution in [0.3, 0.4) is 0 Å². The molecule has 1 atom stereocenters. The highest BCUT2D eigenvalue weighted by Gasteiger charge is 2.28. The molecule has 3 heterocycles. The number of carbonyl (C=O) groups excluding carboxylic acids is 1. The van der Waals surface area contributed by atoms with Crippen LogP contribution < -0.4 is 0 Å². The van der Waals surface area contributed by atoms with Crippen LogP contribution in [0.5, 0.6) is 0 Å². The molecule has 2 aromatic heterocycles. The first-order chi connectivity index (χ1) is 11.8. The molecule has 4 rings (SSSR count). The summed E-state index contributed by atoms with van der Waals surface area (Å²) in [6.07, 6.45) is 9.90. The molecule has 1 amide bonds. The van der Waals surface area contributed by atoms with Gasteiger partial charge in [0.2, 0.25) is 0 Å². The molecule has 0 spiro atoms. The van der Waals surface area contributed by atoms with Gasteiger partial charge in [0, 0.05) is 43.8 Å². The van der Waals surface area contributed by atoms with Gasteiger partial charge in [-0.25, -0.2) is 9.67 Å². The molecule has 0 radical (unpaired) electrons. The molecule has 1 unspecified atom stereocenters. The fraction of sp³-hybridized carbons (Fsp3) is 0.294. The maximum Gasteiger partial charge on any atom is 0.253 e. The highest BCUT2D eigenvalue weighted by atomic mass is 16.2. The van der Waals surface area contributed by atoms with E-state index >= 15 is 0 Å². The maximum absolute atomic E-state index is 12.7. The second-order valence-corrected chi connectivity index (χ2v) is 6.01. The van der Waals surface area contributed by atoms with Crippen molar-refractivity contribution >= 4 is 5.91 Å². The Morgan fingerprint density at radius 2 is 2.04 bits per heavy atom. The maximum atomic E-state index is 12.7. The van der Waals surface area contributed by atoms with Gasteiger partial charge in [0.15, 0.2) is 0 Å². The summed E-state index contributed by atoms with van der Waals surface area (Å²) in [6.45, 7) is 2.19. The van der Waals surface area contributed by atoms with E-state index in [9.17, 15) is 4.79 Å². The third-order valence-corrected chi connectivity index (χ3v) is 4.39. The van der Waals surface area contributed by atoms with Crippen LogP contribution in [0.25, 0.3) is 0 Å². The van der Waals surface area contributed by atoms with Gasteiger partial charge >= 0.3 is 0 Å². The van der Waals surface area contributed by atoms with Gasteiger partial charge in [0.05, 0.1) is 18.6 Å². The van der Waals surface area contributed by atoms with Crippen LogP contribution >= 0.6 is 0 Å². The Hall–Kier alpha value is -2.96. The SMILES string of the molecule is O=C(c1ccc(Cn2ccnc2)cc1)N1CCC(n2ccnn2)C1. The number of hydrogen-bond acceptors (Lipinski definition) is 4. The number of likely N-dealkylation sites (tertiary alicyclic amines) is 1. The van der Waals surface area contributed by atoms with Crippen LogP contribution in [0.15, 0.2) is 55.4 Å². The molecule has 3 aromatic rings. The third kappa shape index (κ3) is 2.92. The first-order valence-corrected chi connectivity index (χ1v) is 7.99. The topological polar surface area (TPSA) is 68.8 Å². The fourth-order valence-corrected chi connectivity index (χ4v) is 3.08. The molecule has 1 aliphatic rings. The normalized spacial score (nSPS) is 17.3. The Balaban J connectivity index is 1.41. The van der Waals surface area contributed by atoms with Crippen LogP contribution in [0, 0.1) is 0 Å². The second kappa shape index (κ2) is 6.27. The highest BCUT2D eigenvalue weighted by molar-refractivity contribution is 5.94. The Kier molecular flexibility index (Phi) is 3.82. The summed E-state index contributed by atoms with van der Waals surface area (Å²) in [5.74, 6) is 0.0757. The predicted octanol–water partition coefficient (Wildman–Crippen LogP) is 1.61. The van der Waals surface area contributed by atoms with Gasteiger partial charge < -0.3 is 9.47 Å². The third-order valence-electron chi connectivity index (χ3n) is 4.39. The van der Waals surface area contributed by atoms with E-state index in [1.165, 1.54) is 0 Å². The molecule has 0 aliphatic carbocycles. The van der Waals surface area contributed by atoms with Crippen molar-refractivity contribution in [1.29, 1.82) is 0 Å². The lowest BCUT2D eigenvalue weighted by Gasteiger charge is -2.16. The summed E-state index contributed by atoms with van der Waals surface area (Å²) >= 11 is 0. The quantitative estimate of drug-likeness (QED) is 0.732. The van der Waals surface area contributed by atoms with Crippen molar-refractivity contribution in [2.75, 3.05) is 13.1 Å². The zero-order valence-corrected chi connectivity index (χ0v) is 13.2. The van der Waals surface area contributed by atoms with E-state index in [-0.39, 0.29) is 11.9 Å². The Morgan fingerprint density at radius 1 is 1.17 bits per heavy atom. The number of amides is 1. The largest absolute Gasteiger partial charge is 0.336 e. The van der Waals surface area contributed by atoms with Crippen molar-refractivity contribution in [3.05, 3.63) is 66.5 Å². The monoisotopic (exact) mass is 322 g/mol. The molecule has 1 saturated heterocycles. The van der Waals surface area contributed by atoms with Crippen molar-refractivity contribution in [1.82, 2.24) is 29.4 Å². The van der Waals surface area contributed by atoms with Gasteiger partial charge in [-0.2, -0.15) is 0 Å². The zero-order valence-electron chi connectivity index (χ0n) is 13.2. The molecule has 7 heteroatoms. The summed E-state index contributed by atoms with van der Waals surface area (Å²) in [7, 11) is 0. The van der Waals surface area contributed by atoms with Crippen LogP contribution in [0.1, 0.15) is 28.4 Å². The summed E-state index contributed by atoms with van der Waals surface area (Å²) in [6, 6.07) is 8.02. The van der Waals surface area contributed by atoms with E-state index in [1.54, 1.807) is 18.7 Å². The molecular weight excluding hydrogens is 304 g/mol. The number of carbonyl (C=O) groups is 1. The summed E-state index contributed by atoms with van der Waals surface area (Å²) in [4.78, 5) is 18.6. The lowest BCUT2D eigenvalue weighted by molar-refractivity contribution is 0.0787. The average molecular weight is 322 g/mol. The van der Waals surface area contributed by atoms with E-state index in [1.807, 2.05) is 50.8 Å². The van der Waals surface area contributed by atoms with Crippen molar-refractivity contribution in [3.8, 4) is 0 Å². The van der Waals surface area contributed by atoms with Gasteiger partial charge in [-0.3, -0.25) is 4.79 Å². The molecule has 24 heavy (non-hydrogen) atoms. The molecule has 7 nitrogen and oxygen atoms in total. The molecule has 0 saturated carbocycles. The molecule has 0 N–H and O–H groups in total. The van der Waals surface area contributed by atoms with E-state index < -0.39 is 0 Å². The van der Waals surface area contributed by atoms with E-state index in [0.717, 1.165) is 30.6 Å². The first-order valence-electron chi connectivity index (χ1n) is 7.99. The van der Waals surface area contributed by atoms with E-state index in [0.29, 0.717) is 6.54 Å². The minimum absolute atomic E-state index is 0.0757. The van der Waals surface area contributed by atoms with Crippen molar-refractivity contribution in [3.63, 3.8) is 0 Å².